The molecule has 0 spiro atoms. The standard InChI is InChI=1S/C12H17NO6S/c1-8(15)13-9-6-11(19-3)12(7-10(9)18-2)20(16,17)5-4-14/h6-7,14H,4-5H2,1-3H3,(H,13,15). The van der Waals surface area contributed by atoms with Gasteiger partial charge in [-0.2, -0.15) is 0 Å². The molecule has 0 saturated carbocycles. The molecule has 1 aromatic rings. The van der Waals surface area contributed by atoms with Crippen LogP contribution in [0.3, 0.4) is 0 Å². The number of sulfone groups is 1. The summed E-state index contributed by atoms with van der Waals surface area (Å²) >= 11 is 0. The molecule has 0 aliphatic rings. The van der Waals surface area contributed by atoms with Gasteiger partial charge in [0.25, 0.3) is 0 Å². The molecule has 1 aromatic carbocycles. The third-order valence-electron chi connectivity index (χ3n) is 2.49. The molecule has 0 fully saturated rings. The number of nitrogens with one attached hydrogen (secondary N) is 1. The summed E-state index contributed by atoms with van der Waals surface area (Å²) in [6, 6.07) is 2.62. The Hall–Kier alpha value is -1.80. The molecule has 1 amide bonds. The Balaban J connectivity index is 3.44. The predicted octanol–water partition coefficient (Wildman–Crippen LogP) is 0.428. The first-order chi connectivity index (χ1) is 9.35. The van der Waals surface area contributed by atoms with Crippen LogP contribution in [0.1, 0.15) is 6.92 Å². The minimum absolute atomic E-state index is 0.0722. The summed E-state index contributed by atoms with van der Waals surface area (Å²) in [6.07, 6.45) is 0. The number of anilines is 1. The van der Waals surface area contributed by atoms with E-state index in [2.05, 4.69) is 5.32 Å². The number of methoxy groups -OCH3 is 2. The van der Waals surface area contributed by atoms with Gasteiger partial charge in [0, 0.05) is 19.1 Å². The molecule has 0 aromatic heterocycles. The highest BCUT2D eigenvalue weighted by atomic mass is 32.2. The van der Waals surface area contributed by atoms with Crippen LogP contribution in [0.25, 0.3) is 0 Å². The summed E-state index contributed by atoms with van der Waals surface area (Å²) in [5.41, 5.74) is 0.305. The monoisotopic (exact) mass is 303 g/mol. The van der Waals surface area contributed by atoms with Crippen LogP contribution in [0.15, 0.2) is 17.0 Å². The van der Waals surface area contributed by atoms with Gasteiger partial charge in [-0.05, 0) is 0 Å². The van der Waals surface area contributed by atoms with Gasteiger partial charge in [-0.3, -0.25) is 4.79 Å². The number of carbonyl (C=O) groups excluding carboxylic acids is 1. The minimum atomic E-state index is -3.70. The summed E-state index contributed by atoms with van der Waals surface area (Å²) in [4.78, 5) is 11.0. The maximum Gasteiger partial charge on any atom is 0.221 e. The molecule has 0 heterocycles. The number of amides is 1. The summed E-state index contributed by atoms with van der Waals surface area (Å²) < 4.78 is 34.2. The fraction of sp³-hybridized carbons (Fsp3) is 0.417. The van der Waals surface area contributed by atoms with Crippen molar-refractivity contribution in [3.63, 3.8) is 0 Å². The van der Waals surface area contributed by atoms with Crippen molar-refractivity contribution >= 4 is 21.4 Å². The van der Waals surface area contributed by atoms with Crippen molar-refractivity contribution in [1.82, 2.24) is 0 Å². The van der Waals surface area contributed by atoms with E-state index in [9.17, 15) is 13.2 Å². The average molecular weight is 303 g/mol. The molecule has 0 bridgehead atoms. The number of rotatable bonds is 6. The zero-order valence-electron chi connectivity index (χ0n) is 11.5. The summed E-state index contributed by atoms with van der Waals surface area (Å²) in [5.74, 6) is -0.483. The second-order valence-corrected chi connectivity index (χ2v) is 6.00. The van der Waals surface area contributed by atoms with Crippen molar-refractivity contribution in [1.29, 1.82) is 0 Å². The van der Waals surface area contributed by atoms with Crippen molar-refractivity contribution in [2.75, 3.05) is 31.9 Å². The highest BCUT2D eigenvalue weighted by molar-refractivity contribution is 7.91. The molecule has 0 saturated heterocycles. The first-order valence-electron chi connectivity index (χ1n) is 5.73. The van der Waals surface area contributed by atoms with E-state index in [4.69, 9.17) is 14.6 Å². The lowest BCUT2D eigenvalue weighted by Gasteiger charge is -2.15. The average Bonchev–Trinajstić information content (AvgIpc) is 2.37. The summed E-state index contributed by atoms with van der Waals surface area (Å²) in [6.45, 7) is 0.823. The van der Waals surface area contributed by atoms with E-state index in [0.717, 1.165) is 0 Å². The Labute approximate surface area is 117 Å². The van der Waals surface area contributed by atoms with E-state index in [1.54, 1.807) is 0 Å². The van der Waals surface area contributed by atoms with Gasteiger partial charge in [-0.15, -0.1) is 0 Å². The lowest BCUT2D eigenvalue weighted by molar-refractivity contribution is -0.114. The number of aliphatic hydroxyl groups excluding tert-OH is 1. The molecule has 1 rings (SSSR count). The number of aliphatic hydroxyl groups is 1. The number of ether oxygens (including phenoxy) is 2. The van der Waals surface area contributed by atoms with Gasteiger partial charge < -0.3 is 19.9 Å². The molecule has 8 heteroatoms. The third kappa shape index (κ3) is 3.61. The molecular formula is C12H17NO6S. The van der Waals surface area contributed by atoms with E-state index in [0.29, 0.717) is 5.69 Å². The van der Waals surface area contributed by atoms with Crippen molar-refractivity contribution < 1.29 is 27.8 Å². The van der Waals surface area contributed by atoms with E-state index in [1.165, 1.54) is 33.3 Å². The zero-order valence-corrected chi connectivity index (χ0v) is 12.3. The lowest BCUT2D eigenvalue weighted by Crippen LogP contribution is -2.13. The summed E-state index contributed by atoms with van der Waals surface area (Å²) in [5, 5.41) is 11.3. The largest absolute Gasteiger partial charge is 0.495 e. The number of carbonyl (C=O) groups is 1. The van der Waals surface area contributed by atoms with Gasteiger partial charge in [0.15, 0.2) is 9.84 Å². The molecule has 0 atom stereocenters. The Morgan fingerprint density at radius 2 is 1.85 bits per heavy atom. The van der Waals surface area contributed by atoms with E-state index in [1.807, 2.05) is 0 Å². The molecule has 0 unspecified atom stereocenters. The minimum Gasteiger partial charge on any atom is -0.495 e. The topological polar surface area (TPSA) is 102 Å². The maximum atomic E-state index is 12.0. The number of hydrogen-bond donors (Lipinski definition) is 2. The van der Waals surface area contributed by atoms with Crippen LogP contribution >= 0.6 is 0 Å². The third-order valence-corrected chi connectivity index (χ3v) is 4.20. The highest BCUT2D eigenvalue weighted by Gasteiger charge is 2.22. The molecule has 0 radical (unpaired) electrons. The first-order valence-corrected chi connectivity index (χ1v) is 7.38. The predicted molar refractivity (Wildman–Crippen MR) is 73.0 cm³/mol. The lowest BCUT2D eigenvalue weighted by atomic mass is 10.2. The van der Waals surface area contributed by atoms with Gasteiger partial charge in [0.2, 0.25) is 5.91 Å². The Bertz CT molecular complexity index is 596. The van der Waals surface area contributed by atoms with E-state index in [-0.39, 0.29) is 22.3 Å². The van der Waals surface area contributed by atoms with E-state index < -0.39 is 22.2 Å². The van der Waals surface area contributed by atoms with Crippen molar-refractivity contribution in [2.24, 2.45) is 0 Å². The fourth-order valence-corrected chi connectivity index (χ4v) is 2.83. The zero-order chi connectivity index (χ0) is 15.3. The van der Waals surface area contributed by atoms with Crippen molar-refractivity contribution in [3.8, 4) is 11.5 Å². The SMILES string of the molecule is COc1cc(S(=O)(=O)CCO)c(OC)cc1NC(C)=O. The molecule has 0 aliphatic carbocycles. The molecule has 2 N–H and O–H groups in total. The number of benzene rings is 1. The van der Waals surface area contributed by atoms with Crippen LogP contribution in [0.5, 0.6) is 11.5 Å². The molecule has 20 heavy (non-hydrogen) atoms. The molecular weight excluding hydrogens is 286 g/mol. The van der Waals surface area contributed by atoms with Gasteiger partial charge in [0.1, 0.15) is 16.4 Å². The first kappa shape index (κ1) is 16.3. The van der Waals surface area contributed by atoms with Gasteiger partial charge in [-0.1, -0.05) is 0 Å². The summed E-state index contributed by atoms with van der Waals surface area (Å²) in [7, 11) is -1.03. The Morgan fingerprint density at radius 1 is 1.25 bits per heavy atom. The highest BCUT2D eigenvalue weighted by Crippen LogP contribution is 2.35. The Kier molecular flexibility index (Phi) is 5.34. The van der Waals surface area contributed by atoms with Gasteiger partial charge in [-0.25, -0.2) is 8.42 Å². The molecule has 112 valence electrons. The van der Waals surface area contributed by atoms with Gasteiger partial charge >= 0.3 is 0 Å². The van der Waals surface area contributed by atoms with Crippen LogP contribution in [-0.4, -0.2) is 46.0 Å². The van der Waals surface area contributed by atoms with Gasteiger partial charge in [0.05, 0.1) is 32.3 Å². The number of hydrogen-bond acceptors (Lipinski definition) is 6. The van der Waals surface area contributed by atoms with Crippen molar-refractivity contribution in [2.45, 2.75) is 11.8 Å². The van der Waals surface area contributed by atoms with Crippen LogP contribution in [0, 0.1) is 0 Å². The van der Waals surface area contributed by atoms with Crippen LogP contribution < -0.4 is 14.8 Å². The fourth-order valence-electron chi connectivity index (χ4n) is 1.63. The van der Waals surface area contributed by atoms with Crippen LogP contribution in [0.4, 0.5) is 5.69 Å². The molecule has 0 aliphatic heterocycles. The molecule has 7 nitrogen and oxygen atoms in total. The second-order valence-electron chi connectivity index (χ2n) is 3.93. The van der Waals surface area contributed by atoms with Crippen LogP contribution in [0.2, 0.25) is 0 Å². The Morgan fingerprint density at radius 3 is 2.30 bits per heavy atom. The van der Waals surface area contributed by atoms with Crippen molar-refractivity contribution in [3.05, 3.63) is 12.1 Å². The second kappa shape index (κ2) is 6.58. The van der Waals surface area contributed by atoms with E-state index >= 15 is 0 Å². The smallest absolute Gasteiger partial charge is 0.221 e. The maximum absolute atomic E-state index is 12.0. The normalized spacial score (nSPS) is 11.0. The quantitative estimate of drug-likeness (QED) is 0.790. The van der Waals surface area contributed by atoms with Crippen LogP contribution in [-0.2, 0) is 14.6 Å².